The molecule has 1 aromatic heterocycles. The first-order valence-electron chi connectivity index (χ1n) is 5.59. The highest BCUT2D eigenvalue weighted by molar-refractivity contribution is 6.31. The largest absolute Gasteiger partial charge is 0.468 e. The van der Waals surface area contributed by atoms with Crippen LogP contribution in [0.3, 0.4) is 0 Å². The van der Waals surface area contributed by atoms with Crippen molar-refractivity contribution in [3.05, 3.63) is 16.9 Å². The van der Waals surface area contributed by atoms with Crippen molar-refractivity contribution in [1.82, 2.24) is 15.1 Å². The predicted octanol–water partition coefficient (Wildman–Crippen LogP) is 1.39. The van der Waals surface area contributed by atoms with Crippen LogP contribution >= 0.6 is 11.6 Å². The third-order valence-electron chi connectivity index (χ3n) is 2.61. The van der Waals surface area contributed by atoms with Gasteiger partial charge < -0.3 is 10.1 Å². The Labute approximate surface area is 106 Å². The third-order valence-corrected chi connectivity index (χ3v) is 2.98. The summed E-state index contributed by atoms with van der Waals surface area (Å²) < 4.78 is 6.52. The first-order valence-corrected chi connectivity index (χ1v) is 5.97. The van der Waals surface area contributed by atoms with Crippen LogP contribution in [-0.4, -0.2) is 35.4 Å². The predicted molar refractivity (Wildman–Crippen MR) is 66.1 cm³/mol. The van der Waals surface area contributed by atoms with E-state index in [9.17, 15) is 4.79 Å². The lowest BCUT2D eigenvalue weighted by Crippen LogP contribution is -2.38. The summed E-state index contributed by atoms with van der Waals surface area (Å²) in [5, 5.41) is 7.86. The molecule has 0 aliphatic rings. The second-order valence-electron chi connectivity index (χ2n) is 3.72. The minimum absolute atomic E-state index is 0.247. The van der Waals surface area contributed by atoms with Gasteiger partial charge in [0.25, 0.3) is 0 Å². The minimum atomic E-state index is -0.299. The van der Waals surface area contributed by atoms with Crippen LogP contribution in [-0.2, 0) is 16.1 Å². The Hall–Kier alpha value is -1.07. The molecular formula is C11H18ClN3O2. The number of halogens is 1. The number of rotatable bonds is 6. The summed E-state index contributed by atoms with van der Waals surface area (Å²) in [7, 11) is 1.39. The highest BCUT2D eigenvalue weighted by Gasteiger charge is 2.18. The molecule has 1 rings (SSSR count). The molecule has 0 fully saturated rings. The Bertz CT molecular complexity index is 379. The molecule has 0 saturated heterocycles. The number of carbonyl (C=O) groups excluding carboxylic acids is 1. The van der Waals surface area contributed by atoms with Crippen LogP contribution in [0.15, 0.2) is 6.20 Å². The van der Waals surface area contributed by atoms with Gasteiger partial charge in [-0.3, -0.25) is 9.48 Å². The first-order chi connectivity index (χ1) is 8.10. The van der Waals surface area contributed by atoms with Gasteiger partial charge in [0.1, 0.15) is 6.04 Å². The summed E-state index contributed by atoms with van der Waals surface area (Å²) >= 11 is 5.91. The fourth-order valence-corrected chi connectivity index (χ4v) is 1.73. The molecule has 5 nitrogen and oxygen atoms in total. The fourth-order valence-electron chi connectivity index (χ4n) is 1.59. The summed E-state index contributed by atoms with van der Waals surface area (Å²) in [6.07, 6.45) is 2.23. The Morgan fingerprint density at radius 1 is 1.71 bits per heavy atom. The molecule has 0 amide bonds. The van der Waals surface area contributed by atoms with Crippen molar-refractivity contribution >= 4 is 17.6 Å². The molecule has 0 radical (unpaired) electrons. The van der Waals surface area contributed by atoms with E-state index in [0.717, 1.165) is 12.2 Å². The van der Waals surface area contributed by atoms with E-state index < -0.39 is 0 Å². The van der Waals surface area contributed by atoms with Gasteiger partial charge in [0.15, 0.2) is 0 Å². The maximum atomic E-state index is 11.5. The highest BCUT2D eigenvalue weighted by Crippen LogP contribution is 2.13. The van der Waals surface area contributed by atoms with E-state index in [-0.39, 0.29) is 12.0 Å². The molecule has 0 aliphatic heterocycles. The number of nitrogens with one attached hydrogen (secondary N) is 1. The maximum absolute atomic E-state index is 11.5. The molecule has 96 valence electrons. The Morgan fingerprint density at radius 3 is 2.88 bits per heavy atom. The van der Waals surface area contributed by atoms with Gasteiger partial charge in [0.05, 0.1) is 24.0 Å². The van der Waals surface area contributed by atoms with E-state index in [0.29, 0.717) is 18.0 Å². The summed E-state index contributed by atoms with van der Waals surface area (Å²) in [6.45, 7) is 5.20. The smallest absolute Gasteiger partial charge is 0.322 e. The monoisotopic (exact) mass is 259 g/mol. The van der Waals surface area contributed by atoms with Gasteiger partial charge in [-0.15, -0.1) is 0 Å². The van der Waals surface area contributed by atoms with Crippen molar-refractivity contribution in [1.29, 1.82) is 0 Å². The van der Waals surface area contributed by atoms with Crippen molar-refractivity contribution in [2.24, 2.45) is 0 Å². The maximum Gasteiger partial charge on any atom is 0.322 e. The Balaban J connectivity index is 2.57. The number of ether oxygens (including phenoxy) is 1. The van der Waals surface area contributed by atoms with Crippen LogP contribution in [0.2, 0.25) is 5.02 Å². The van der Waals surface area contributed by atoms with Gasteiger partial charge in [-0.05, 0) is 19.9 Å². The molecular weight excluding hydrogens is 242 g/mol. The number of likely N-dealkylation sites (N-methyl/N-ethyl adjacent to an activating group) is 1. The zero-order chi connectivity index (χ0) is 12.8. The molecule has 1 unspecified atom stereocenters. The van der Waals surface area contributed by atoms with Gasteiger partial charge >= 0.3 is 5.97 Å². The number of aromatic nitrogens is 2. The zero-order valence-corrected chi connectivity index (χ0v) is 11.1. The molecule has 1 N–H and O–H groups in total. The molecule has 17 heavy (non-hydrogen) atoms. The van der Waals surface area contributed by atoms with E-state index >= 15 is 0 Å². The van der Waals surface area contributed by atoms with Gasteiger partial charge in [-0.25, -0.2) is 0 Å². The van der Waals surface area contributed by atoms with Crippen molar-refractivity contribution in [2.45, 2.75) is 32.9 Å². The summed E-state index contributed by atoms with van der Waals surface area (Å²) in [5.74, 6) is -0.247. The van der Waals surface area contributed by atoms with Gasteiger partial charge in [0.2, 0.25) is 0 Å². The van der Waals surface area contributed by atoms with Crippen molar-refractivity contribution in [3.8, 4) is 0 Å². The lowest BCUT2D eigenvalue weighted by atomic mass is 10.2. The van der Waals surface area contributed by atoms with Gasteiger partial charge in [-0.2, -0.15) is 5.10 Å². The molecule has 0 spiro atoms. The van der Waals surface area contributed by atoms with Crippen LogP contribution in [0, 0.1) is 6.92 Å². The SMILES string of the molecule is CCNC(CCn1ncc(Cl)c1C)C(=O)OC. The second-order valence-corrected chi connectivity index (χ2v) is 4.13. The number of aryl methyl sites for hydroxylation is 1. The van der Waals surface area contributed by atoms with E-state index in [1.54, 1.807) is 10.9 Å². The molecule has 1 heterocycles. The van der Waals surface area contributed by atoms with Crippen LogP contribution < -0.4 is 5.32 Å². The topological polar surface area (TPSA) is 56.2 Å². The standard InChI is InChI=1S/C11H18ClN3O2/c1-4-13-10(11(16)17-3)5-6-15-8(2)9(12)7-14-15/h7,10,13H,4-6H2,1-3H3. The molecule has 6 heteroatoms. The van der Waals surface area contributed by atoms with E-state index in [1.165, 1.54) is 7.11 Å². The molecule has 1 atom stereocenters. The summed E-state index contributed by atoms with van der Waals surface area (Å²) in [6, 6.07) is -0.299. The number of nitrogens with zero attached hydrogens (tertiary/aromatic N) is 2. The summed E-state index contributed by atoms with van der Waals surface area (Å²) in [5.41, 5.74) is 0.909. The third kappa shape index (κ3) is 3.71. The Kier molecular flexibility index (Phi) is 5.44. The van der Waals surface area contributed by atoms with Crippen LogP contribution in [0.1, 0.15) is 19.0 Å². The second kappa shape index (κ2) is 6.61. The molecule has 0 saturated carbocycles. The number of hydrogen-bond acceptors (Lipinski definition) is 4. The van der Waals surface area contributed by atoms with Gasteiger partial charge in [0, 0.05) is 6.54 Å². The average molecular weight is 260 g/mol. The molecule has 0 bridgehead atoms. The van der Waals surface area contributed by atoms with Crippen LogP contribution in [0.25, 0.3) is 0 Å². The Morgan fingerprint density at radius 2 is 2.41 bits per heavy atom. The average Bonchev–Trinajstić information content (AvgIpc) is 2.65. The van der Waals surface area contributed by atoms with Crippen molar-refractivity contribution in [2.75, 3.05) is 13.7 Å². The quantitative estimate of drug-likeness (QED) is 0.785. The lowest BCUT2D eigenvalue weighted by Gasteiger charge is -2.15. The lowest BCUT2D eigenvalue weighted by molar-refractivity contribution is -0.143. The van der Waals surface area contributed by atoms with E-state index in [2.05, 4.69) is 10.4 Å². The van der Waals surface area contributed by atoms with Crippen molar-refractivity contribution in [3.63, 3.8) is 0 Å². The van der Waals surface area contributed by atoms with E-state index in [1.807, 2.05) is 13.8 Å². The summed E-state index contributed by atoms with van der Waals surface area (Å²) in [4.78, 5) is 11.5. The fraction of sp³-hybridized carbons (Fsp3) is 0.636. The number of carbonyl (C=O) groups is 1. The minimum Gasteiger partial charge on any atom is -0.468 e. The van der Waals surface area contributed by atoms with Crippen molar-refractivity contribution < 1.29 is 9.53 Å². The highest BCUT2D eigenvalue weighted by atomic mass is 35.5. The number of esters is 1. The van der Waals surface area contributed by atoms with Crippen LogP contribution in [0.5, 0.6) is 0 Å². The number of methoxy groups -OCH3 is 1. The molecule has 0 aromatic carbocycles. The van der Waals surface area contributed by atoms with E-state index in [4.69, 9.17) is 16.3 Å². The number of hydrogen-bond donors (Lipinski definition) is 1. The van der Waals surface area contributed by atoms with Gasteiger partial charge in [-0.1, -0.05) is 18.5 Å². The molecule has 0 aliphatic carbocycles. The van der Waals surface area contributed by atoms with Crippen LogP contribution in [0.4, 0.5) is 0 Å². The normalized spacial score (nSPS) is 12.5. The zero-order valence-electron chi connectivity index (χ0n) is 10.4. The molecule has 1 aromatic rings. The first kappa shape index (κ1) is 14.0.